The van der Waals surface area contributed by atoms with Gasteiger partial charge in [-0.3, -0.25) is 0 Å². The molecule has 0 aromatic carbocycles. The third-order valence-corrected chi connectivity index (χ3v) is 3.29. The normalized spacial score (nSPS) is 28.5. The van der Waals surface area contributed by atoms with Gasteiger partial charge in [0.1, 0.15) is 0 Å². The Hall–Kier alpha value is -1.04. The van der Waals surface area contributed by atoms with E-state index in [-0.39, 0.29) is 0 Å². The van der Waals surface area contributed by atoms with Crippen LogP contribution in [-0.4, -0.2) is 0 Å². The highest BCUT2D eigenvalue weighted by molar-refractivity contribution is 5.16. The van der Waals surface area contributed by atoms with Gasteiger partial charge in [0, 0.05) is 0 Å². The SMILES string of the molecule is C=C1/C=C/CCC/C(C)=C/CC/C(C)=C/CC1. The van der Waals surface area contributed by atoms with Crippen LogP contribution in [0.2, 0.25) is 0 Å². The Morgan fingerprint density at radius 1 is 0.882 bits per heavy atom. The maximum atomic E-state index is 4.10. The molecular formula is C17H26. The zero-order valence-electron chi connectivity index (χ0n) is 11.5. The molecule has 0 aromatic rings. The molecule has 17 heavy (non-hydrogen) atoms. The standard InChI is InChI=1S/C17H26/c1-15-9-5-4-6-10-16(2)12-8-14-17(3)13-7-11-15/h5,9,12-13H,1,4,6-8,10-11,14H2,2-3H3/b9-5+,16-12+,17-13+. The van der Waals surface area contributed by atoms with Gasteiger partial charge in [-0.2, -0.15) is 0 Å². The molecule has 0 N–H and O–H groups in total. The van der Waals surface area contributed by atoms with Crippen molar-refractivity contribution in [2.75, 3.05) is 0 Å². The number of hydrogen-bond donors (Lipinski definition) is 0. The van der Waals surface area contributed by atoms with E-state index in [0.29, 0.717) is 0 Å². The molecule has 0 bridgehead atoms. The number of hydrogen-bond acceptors (Lipinski definition) is 0. The van der Waals surface area contributed by atoms with Crippen LogP contribution in [0.25, 0.3) is 0 Å². The Bertz CT molecular complexity index is 326. The number of rotatable bonds is 0. The van der Waals surface area contributed by atoms with Gasteiger partial charge in [0.25, 0.3) is 0 Å². The van der Waals surface area contributed by atoms with Gasteiger partial charge in [0.15, 0.2) is 0 Å². The minimum atomic E-state index is 1.10. The summed E-state index contributed by atoms with van der Waals surface area (Å²) < 4.78 is 0. The molecule has 1 aliphatic carbocycles. The van der Waals surface area contributed by atoms with Gasteiger partial charge in [0.05, 0.1) is 0 Å². The molecule has 0 fully saturated rings. The fourth-order valence-corrected chi connectivity index (χ4v) is 2.09. The molecule has 94 valence electrons. The van der Waals surface area contributed by atoms with E-state index in [0.717, 1.165) is 12.8 Å². The third kappa shape index (κ3) is 6.99. The van der Waals surface area contributed by atoms with Crippen molar-refractivity contribution in [3.63, 3.8) is 0 Å². The van der Waals surface area contributed by atoms with Gasteiger partial charge < -0.3 is 0 Å². The van der Waals surface area contributed by atoms with E-state index in [1.54, 1.807) is 5.57 Å². The van der Waals surface area contributed by atoms with Gasteiger partial charge in [-0.15, -0.1) is 0 Å². The first-order chi connectivity index (χ1) is 8.18. The van der Waals surface area contributed by atoms with E-state index >= 15 is 0 Å². The summed E-state index contributed by atoms with van der Waals surface area (Å²) in [7, 11) is 0. The fourth-order valence-electron chi connectivity index (χ4n) is 2.09. The van der Waals surface area contributed by atoms with Crippen LogP contribution >= 0.6 is 0 Å². The summed E-state index contributed by atoms with van der Waals surface area (Å²) in [5, 5.41) is 0. The summed E-state index contributed by atoms with van der Waals surface area (Å²) in [6.07, 6.45) is 17.6. The van der Waals surface area contributed by atoms with Crippen molar-refractivity contribution in [1.82, 2.24) is 0 Å². The molecule has 0 atom stereocenters. The maximum absolute atomic E-state index is 4.10. The molecule has 0 spiro atoms. The van der Waals surface area contributed by atoms with E-state index in [4.69, 9.17) is 0 Å². The van der Waals surface area contributed by atoms with Crippen LogP contribution in [0.1, 0.15) is 58.8 Å². The monoisotopic (exact) mass is 230 g/mol. The molecule has 0 amide bonds. The van der Waals surface area contributed by atoms with Crippen LogP contribution in [0, 0.1) is 0 Å². The van der Waals surface area contributed by atoms with E-state index in [1.165, 1.54) is 43.3 Å². The molecule has 1 aliphatic rings. The highest BCUT2D eigenvalue weighted by Crippen LogP contribution is 2.15. The summed E-state index contributed by atoms with van der Waals surface area (Å²) in [5.41, 5.74) is 4.32. The van der Waals surface area contributed by atoms with E-state index < -0.39 is 0 Å². The first-order valence-electron chi connectivity index (χ1n) is 6.84. The molecular weight excluding hydrogens is 204 g/mol. The third-order valence-electron chi connectivity index (χ3n) is 3.29. The lowest BCUT2D eigenvalue weighted by atomic mass is 10.0. The highest BCUT2D eigenvalue weighted by Gasteiger charge is 1.94. The fraction of sp³-hybridized carbons (Fsp3) is 0.529. The highest BCUT2D eigenvalue weighted by atomic mass is 14.0. The van der Waals surface area contributed by atoms with Crippen LogP contribution in [0.3, 0.4) is 0 Å². The average Bonchev–Trinajstić information content (AvgIpc) is 2.27. The minimum absolute atomic E-state index is 1.10. The zero-order chi connectivity index (χ0) is 12.5. The average molecular weight is 230 g/mol. The Morgan fingerprint density at radius 2 is 1.53 bits per heavy atom. The molecule has 0 radical (unpaired) electrons. The molecule has 0 nitrogen and oxygen atoms in total. The molecule has 0 heteroatoms. The molecule has 0 saturated carbocycles. The van der Waals surface area contributed by atoms with Crippen LogP contribution in [0.5, 0.6) is 0 Å². The molecule has 0 aliphatic heterocycles. The lowest BCUT2D eigenvalue weighted by Crippen LogP contribution is -1.83. The Labute approximate surface area is 107 Å². The predicted octanol–water partition coefficient (Wildman–Crippen LogP) is 5.74. The van der Waals surface area contributed by atoms with Crippen molar-refractivity contribution >= 4 is 0 Å². The lowest BCUT2D eigenvalue weighted by Gasteiger charge is -2.04. The zero-order valence-corrected chi connectivity index (χ0v) is 11.5. The first kappa shape index (κ1) is 14.0. The van der Waals surface area contributed by atoms with Gasteiger partial charge >= 0.3 is 0 Å². The van der Waals surface area contributed by atoms with Crippen LogP contribution < -0.4 is 0 Å². The minimum Gasteiger partial charge on any atom is -0.0958 e. The first-order valence-corrected chi connectivity index (χ1v) is 6.84. The molecule has 0 heterocycles. The van der Waals surface area contributed by atoms with Crippen molar-refractivity contribution in [3.05, 3.63) is 47.6 Å². The van der Waals surface area contributed by atoms with Crippen molar-refractivity contribution in [1.29, 1.82) is 0 Å². The number of allylic oxidation sites excluding steroid dienone is 7. The van der Waals surface area contributed by atoms with Crippen molar-refractivity contribution < 1.29 is 0 Å². The second kappa shape index (κ2) is 8.11. The van der Waals surface area contributed by atoms with Gasteiger partial charge in [0.2, 0.25) is 0 Å². The quantitative estimate of drug-likeness (QED) is 0.466. The van der Waals surface area contributed by atoms with E-state index in [1.807, 2.05) is 0 Å². The maximum Gasteiger partial charge on any atom is -0.0250 e. The molecule has 0 aromatic heterocycles. The van der Waals surface area contributed by atoms with Crippen molar-refractivity contribution in [2.45, 2.75) is 58.8 Å². The Kier molecular flexibility index (Phi) is 6.69. The Balaban J connectivity index is 2.58. The smallest absolute Gasteiger partial charge is 0.0250 e. The Morgan fingerprint density at radius 3 is 2.29 bits per heavy atom. The summed E-state index contributed by atoms with van der Waals surface area (Å²) >= 11 is 0. The predicted molar refractivity (Wildman–Crippen MR) is 78.1 cm³/mol. The lowest BCUT2D eigenvalue weighted by molar-refractivity contribution is 0.818. The molecule has 1 rings (SSSR count). The second-order valence-corrected chi connectivity index (χ2v) is 5.13. The van der Waals surface area contributed by atoms with Gasteiger partial charge in [-0.25, -0.2) is 0 Å². The van der Waals surface area contributed by atoms with Gasteiger partial charge in [-0.05, 0) is 58.8 Å². The molecule has 0 unspecified atom stereocenters. The molecule has 0 saturated heterocycles. The summed E-state index contributed by atoms with van der Waals surface area (Å²) in [6, 6.07) is 0. The summed E-state index contributed by atoms with van der Waals surface area (Å²) in [4.78, 5) is 0. The second-order valence-electron chi connectivity index (χ2n) is 5.13. The largest absolute Gasteiger partial charge is 0.0958 e. The van der Waals surface area contributed by atoms with E-state index in [9.17, 15) is 0 Å². The van der Waals surface area contributed by atoms with Crippen molar-refractivity contribution in [3.8, 4) is 0 Å². The summed E-state index contributed by atoms with van der Waals surface area (Å²) in [5.74, 6) is 0. The topological polar surface area (TPSA) is 0 Å². The van der Waals surface area contributed by atoms with Crippen LogP contribution in [0.15, 0.2) is 47.6 Å². The summed E-state index contributed by atoms with van der Waals surface area (Å²) in [6.45, 7) is 8.60. The van der Waals surface area contributed by atoms with Gasteiger partial charge in [-0.1, -0.05) is 47.6 Å². The van der Waals surface area contributed by atoms with Crippen molar-refractivity contribution in [2.24, 2.45) is 0 Å². The van der Waals surface area contributed by atoms with Crippen LogP contribution in [-0.2, 0) is 0 Å². The van der Waals surface area contributed by atoms with Crippen LogP contribution in [0.4, 0.5) is 0 Å². The van der Waals surface area contributed by atoms with E-state index in [2.05, 4.69) is 44.7 Å².